The second kappa shape index (κ2) is 10.9. The largest absolute Gasteiger partial charge is 0.483 e. The quantitative estimate of drug-likeness (QED) is 0.228. The number of benzene rings is 3. The third-order valence-corrected chi connectivity index (χ3v) is 6.79. The van der Waals surface area contributed by atoms with Crippen LogP contribution in [0, 0.1) is 46.6 Å². The van der Waals surface area contributed by atoms with Crippen LogP contribution in [-0.2, 0) is 6.61 Å². The summed E-state index contributed by atoms with van der Waals surface area (Å²) in [5.74, 6) is -9.24. The van der Waals surface area contributed by atoms with Crippen molar-refractivity contribution < 1.29 is 35.5 Å². The Hall–Kier alpha value is -3.03. The highest BCUT2D eigenvalue weighted by atomic mass is 19.2. The summed E-state index contributed by atoms with van der Waals surface area (Å²) < 4.78 is 104. The summed E-state index contributed by atoms with van der Waals surface area (Å²) in [5, 5.41) is 0. The standard InChI is InChI=1S/C28H25F7O/c1-2-3-15-4-6-17(7-5-15)18-10-20(29)26(21(30)11-18)19-12-24(33)28(25(34)13-19)36-14-16-8-22(31)27(35)23(32)9-16/h8-13,15,17H,2-7,14H2,1H3. The molecule has 1 aliphatic carbocycles. The second-order valence-corrected chi connectivity index (χ2v) is 9.30. The lowest BCUT2D eigenvalue weighted by atomic mass is 9.77. The molecule has 0 aliphatic heterocycles. The van der Waals surface area contributed by atoms with Crippen LogP contribution < -0.4 is 4.74 Å². The maximum absolute atomic E-state index is 15.0. The van der Waals surface area contributed by atoms with Crippen LogP contribution in [0.25, 0.3) is 11.1 Å². The van der Waals surface area contributed by atoms with Gasteiger partial charge in [0.25, 0.3) is 0 Å². The molecule has 36 heavy (non-hydrogen) atoms. The van der Waals surface area contributed by atoms with Crippen LogP contribution in [0.4, 0.5) is 30.7 Å². The van der Waals surface area contributed by atoms with Crippen molar-refractivity contribution in [1.82, 2.24) is 0 Å². The minimum atomic E-state index is -1.68. The van der Waals surface area contributed by atoms with Crippen molar-refractivity contribution in [1.29, 1.82) is 0 Å². The third-order valence-electron chi connectivity index (χ3n) is 6.79. The number of ether oxygens (including phenoxy) is 1. The van der Waals surface area contributed by atoms with Crippen molar-refractivity contribution in [2.24, 2.45) is 5.92 Å². The molecule has 1 saturated carbocycles. The molecule has 3 aromatic carbocycles. The van der Waals surface area contributed by atoms with E-state index in [1.54, 1.807) is 0 Å². The summed E-state index contributed by atoms with van der Waals surface area (Å²) in [4.78, 5) is 0. The van der Waals surface area contributed by atoms with Gasteiger partial charge in [0.1, 0.15) is 18.2 Å². The first-order valence-corrected chi connectivity index (χ1v) is 11.9. The average molecular weight is 510 g/mol. The Morgan fingerprint density at radius 1 is 0.694 bits per heavy atom. The Kier molecular flexibility index (Phi) is 7.91. The van der Waals surface area contributed by atoms with E-state index in [1.165, 1.54) is 12.1 Å². The molecule has 0 bridgehead atoms. The highest BCUT2D eigenvalue weighted by molar-refractivity contribution is 5.66. The van der Waals surface area contributed by atoms with E-state index in [4.69, 9.17) is 4.74 Å². The number of hydrogen-bond acceptors (Lipinski definition) is 1. The molecule has 0 radical (unpaired) electrons. The lowest BCUT2D eigenvalue weighted by Gasteiger charge is -2.29. The SMILES string of the molecule is CCCC1CCC(c2cc(F)c(-c3cc(F)c(OCc4cc(F)c(F)c(F)c4)c(F)c3)c(F)c2)CC1. The molecule has 3 aromatic rings. The molecular weight excluding hydrogens is 485 g/mol. The molecule has 0 amide bonds. The van der Waals surface area contributed by atoms with Crippen LogP contribution in [0.2, 0.25) is 0 Å². The zero-order valence-corrected chi connectivity index (χ0v) is 19.6. The fourth-order valence-corrected chi connectivity index (χ4v) is 4.99. The van der Waals surface area contributed by atoms with E-state index >= 15 is 0 Å². The van der Waals surface area contributed by atoms with E-state index in [9.17, 15) is 30.7 Å². The van der Waals surface area contributed by atoms with E-state index in [0.29, 0.717) is 23.6 Å². The maximum atomic E-state index is 15.0. The maximum Gasteiger partial charge on any atom is 0.194 e. The Labute approximate surface area is 204 Å². The van der Waals surface area contributed by atoms with Crippen LogP contribution in [0.3, 0.4) is 0 Å². The van der Waals surface area contributed by atoms with Gasteiger partial charge in [-0.05, 0) is 90.6 Å². The minimum absolute atomic E-state index is 0.0292. The number of halogens is 7. The van der Waals surface area contributed by atoms with E-state index in [-0.39, 0.29) is 17.0 Å². The Morgan fingerprint density at radius 2 is 1.25 bits per heavy atom. The van der Waals surface area contributed by atoms with Gasteiger partial charge in [0.05, 0.1) is 5.56 Å². The van der Waals surface area contributed by atoms with E-state index in [0.717, 1.165) is 50.7 Å². The minimum Gasteiger partial charge on any atom is -0.483 e. The summed E-state index contributed by atoms with van der Waals surface area (Å²) in [6, 6.07) is 5.15. The van der Waals surface area contributed by atoms with Crippen molar-refractivity contribution in [3.05, 3.63) is 88.2 Å². The first-order valence-electron chi connectivity index (χ1n) is 11.9. The predicted molar refractivity (Wildman–Crippen MR) is 122 cm³/mol. The van der Waals surface area contributed by atoms with Crippen LogP contribution in [0.1, 0.15) is 62.5 Å². The fraction of sp³-hybridized carbons (Fsp3) is 0.357. The smallest absolute Gasteiger partial charge is 0.194 e. The van der Waals surface area contributed by atoms with Crippen molar-refractivity contribution >= 4 is 0 Å². The lowest BCUT2D eigenvalue weighted by molar-refractivity contribution is 0.272. The highest BCUT2D eigenvalue weighted by Gasteiger charge is 2.25. The molecule has 1 aliphatic rings. The molecule has 0 N–H and O–H groups in total. The van der Waals surface area contributed by atoms with Gasteiger partial charge in [-0.2, -0.15) is 0 Å². The van der Waals surface area contributed by atoms with Crippen molar-refractivity contribution in [2.45, 2.75) is 58.0 Å². The van der Waals surface area contributed by atoms with Crippen LogP contribution in [0.15, 0.2) is 36.4 Å². The summed E-state index contributed by atoms with van der Waals surface area (Å²) >= 11 is 0. The van der Waals surface area contributed by atoms with Gasteiger partial charge >= 0.3 is 0 Å². The monoisotopic (exact) mass is 510 g/mol. The summed E-state index contributed by atoms with van der Waals surface area (Å²) in [7, 11) is 0. The van der Waals surface area contributed by atoms with Crippen LogP contribution in [0.5, 0.6) is 5.75 Å². The molecule has 4 rings (SSSR count). The second-order valence-electron chi connectivity index (χ2n) is 9.30. The van der Waals surface area contributed by atoms with E-state index in [1.807, 2.05) is 0 Å². The molecule has 192 valence electrons. The zero-order valence-electron chi connectivity index (χ0n) is 19.6. The van der Waals surface area contributed by atoms with Gasteiger partial charge in [-0.3, -0.25) is 0 Å². The lowest BCUT2D eigenvalue weighted by Crippen LogP contribution is -2.13. The molecular formula is C28H25F7O. The topological polar surface area (TPSA) is 9.23 Å². The molecule has 0 spiro atoms. The fourth-order valence-electron chi connectivity index (χ4n) is 4.99. The summed E-state index contributed by atoms with van der Waals surface area (Å²) in [6.45, 7) is 1.47. The molecule has 0 heterocycles. The Bertz CT molecular complexity index is 1180. The van der Waals surface area contributed by atoms with Gasteiger partial charge < -0.3 is 4.74 Å². The van der Waals surface area contributed by atoms with E-state index in [2.05, 4.69) is 6.92 Å². The van der Waals surface area contributed by atoms with E-state index < -0.39 is 58.6 Å². The average Bonchev–Trinajstić information content (AvgIpc) is 2.82. The third kappa shape index (κ3) is 5.52. The van der Waals surface area contributed by atoms with Gasteiger partial charge in [0.2, 0.25) is 0 Å². The molecule has 1 nitrogen and oxygen atoms in total. The first kappa shape index (κ1) is 26.0. The summed E-state index contributed by atoms with van der Waals surface area (Å²) in [6.07, 6.45) is 5.91. The molecule has 0 aromatic heterocycles. The van der Waals surface area contributed by atoms with Gasteiger partial charge in [0.15, 0.2) is 34.8 Å². The molecule has 0 saturated heterocycles. The van der Waals surface area contributed by atoms with Gasteiger partial charge in [-0.1, -0.05) is 19.8 Å². The van der Waals surface area contributed by atoms with Gasteiger partial charge in [0, 0.05) is 0 Å². The molecule has 8 heteroatoms. The number of hydrogen-bond donors (Lipinski definition) is 0. The van der Waals surface area contributed by atoms with Crippen molar-refractivity contribution in [3.8, 4) is 16.9 Å². The number of rotatable bonds is 7. The zero-order chi connectivity index (χ0) is 26.0. The highest BCUT2D eigenvalue weighted by Crippen LogP contribution is 2.40. The van der Waals surface area contributed by atoms with Gasteiger partial charge in [-0.15, -0.1) is 0 Å². The van der Waals surface area contributed by atoms with Crippen LogP contribution in [-0.4, -0.2) is 0 Å². The Balaban J connectivity index is 1.53. The Morgan fingerprint density at radius 3 is 1.78 bits per heavy atom. The van der Waals surface area contributed by atoms with Gasteiger partial charge in [-0.25, -0.2) is 30.7 Å². The molecule has 0 unspecified atom stereocenters. The molecule has 0 atom stereocenters. The summed E-state index contributed by atoms with van der Waals surface area (Å²) in [5.41, 5.74) is -0.594. The first-order chi connectivity index (χ1) is 17.2. The van der Waals surface area contributed by atoms with Crippen LogP contribution >= 0.6 is 0 Å². The van der Waals surface area contributed by atoms with Crippen molar-refractivity contribution in [2.75, 3.05) is 0 Å². The normalized spacial score (nSPS) is 17.9. The predicted octanol–water partition coefficient (Wildman–Crippen LogP) is 8.98. The van der Waals surface area contributed by atoms with Crippen molar-refractivity contribution in [3.63, 3.8) is 0 Å². The molecule has 1 fully saturated rings.